The van der Waals surface area contributed by atoms with Crippen LogP contribution in [0.3, 0.4) is 0 Å². The zero-order valence-electron chi connectivity index (χ0n) is 17.9. The lowest BCUT2D eigenvalue weighted by molar-refractivity contribution is -0.113. The average Bonchev–Trinajstić information content (AvgIpc) is 3.35. The molecule has 1 N–H and O–H groups in total. The molecule has 0 atom stereocenters. The van der Waals surface area contributed by atoms with Gasteiger partial charge in [-0.05, 0) is 43.7 Å². The van der Waals surface area contributed by atoms with Crippen molar-refractivity contribution in [2.45, 2.75) is 32.0 Å². The van der Waals surface area contributed by atoms with Gasteiger partial charge in [0.2, 0.25) is 5.91 Å². The van der Waals surface area contributed by atoms with Gasteiger partial charge in [0, 0.05) is 16.4 Å². The smallest absolute Gasteiger partial charge is 0.341 e. The highest BCUT2D eigenvalue weighted by Gasteiger charge is 2.19. The molecule has 0 bridgehead atoms. The summed E-state index contributed by atoms with van der Waals surface area (Å²) in [6, 6.07) is 9.29. The Labute approximate surface area is 202 Å². The number of amides is 1. The van der Waals surface area contributed by atoms with Crippen molar-refractivity contribution in [2.75, 3.05) is 17.7 Å². The topological polar surface area (TPSA) is 95.3 Å². The number of benzene rings is 1. The van der Waals surface area contributed by atoms with Crippen LogP contribution in [-0.4, -0.2) is 39.0 Å². The van der Waals surface area contributed by atoms with E-state index in [-0.39, 0.29) is 24.9 Å². The van der Waals surface area contributed by atoms with E-state index in [1.807, 2.05) is 38.2 Å². The summed E-state index contributed by atoms with van der Waals surface area (Å²) < 4.78 is 13.6. The average molecular weight is 539 g/mol. The Balaban J connectivity index is 1.57. The number of halogens is 1. The second-order valence-corrected chi connectivity index (χ2v) is 9.56. The number of rotatable bonds is 10. The second kappa shape index (κ2) is 11.5. The minimum atomic E-state index is -0.435. The Morgan fingerprint density at radius 2 is 1.97 bits per heavy atom. The fraction of sp³-hybridized carbons (Fsp3) is 0.333. The van der Waals surface area contributed by atoms with Gasteiger partial charge in [0.15, 0.2) is 11.0 Å². The van der Waals surface area contributed by atoms with Gasteiger partial charge in [0.05, 0.1) is 17.9 Å². The Morgan fingerprint density at radius 1 is 1.22 bits per heavy atom. The van der Waals surface area contributed by atoms with Crippen molar-refractivity contribution >= 4 is 55.9 Å². The molecule has 0 saturated heterocycles. The summed E-state index contributed by atoms with van der Waals surface area (Å²) in [7, 11) is 1.83. The standard InChI is InChI=1S/C21H23BrN4O4S2/c1-4-15-10-16(20(28)29-5-2)19(32-15)23-18(27)12-31-21-25-24-17(26(21)3)11-30-14-8-6-13(22)7-9-14/h6-10H,4-5,11-12H2,1-3H3,(H,23,27). The summed E-state index contributed by atoms with van der Waals surface area (Å²) in [6.07, 6.45) is 0.770. The largest absolute Gasteiger partial charge is 0.486 e. The van der Waals surface area contributed by atoms with Gasteiger partial charge in [-0.2, -0.15) is 0 Å². The number of thiophene rings is 1. The third-order valence-electron chi connectivity index (χ3n) is 4.32. The monoisotopic (exact) mass is 538 g/mol. The van der Waals surface area contributed by atoms with Crippen molar-refractivity contribution < 1.29 is 19.1 Å². The normalized spacial score (nSPS) is 10.8. The van der Waals surface area contributed by atoms with E-state index in [1.54, 1.807) is 17.6 Å². The first kappa shape index (κ1) is 24.3. The van der Waals surface area contributed by atoms with E-state index in [4.69, 9.17) is 9.47 Å². The van der Waals surface area contributed by atoms with E-state index in [0.717, 1.165) is 21.5 Å². The number of nitrogens with one attached hydrogen (secondary N) is 1. The van der Waals surface area contributed by atoms with Gasteiger partial charge in [-0.1, -0.05) is 34.6 Å². The number of esters is 1. The predicted octanol–water partition coefficient (Wildman–Crippen LogP) is 4.69. The van der Waals surface area contributed by atoms with Gasteiger partial charge < -0.3 is 19.4 Å². The van der Waals surface area contributed by atoms with E-state index in [1.165, 1.54) is 23.1 Å². The minimum Gasteiger partial charge on any atom is -0.486 e. The number of aryl methyl sites for hydroxylation is 1. The van der Waals surface area contributed by atoms with Crippen LogP contribution in [0.5, 0.6) is 5.75 Å². The van der Waals surface area contributed by atoms with E-state index < -0.39 is 5.97 Å². The van der Waals surface area contributed by atoms with Gasteiger partial charge in [-0.3, -0.25) is 4.79 Å². The molecule has 0 aliphatic heterocycles. The molecule has 0 spiro atoms. The third-order valence-corrected chi connectivity index (χ3v) is 7.06. The number of carbonyl (C=O) groups excluding carboxylic acids is 2. The van der Waals surface area contributed by atoms with Crippen LogP contribution in [0.2, 0.25) is 0 Å². The highest BCUT2D eigenvalue weighted by atomic mass is 79.9. The zero-order valence-corrected chi connectivity index (χ0v) is 21.1. The third kappa shape index (κ3) is 6.33. The van der Waals surface area contributed by atoms with E-state index in [9.17, 15) is 9.59 Å². The van der Waals surface area contributed by atoms with Crippen LogP contribution in [0, 0.1) is 0 Å². The molecule has 0 unspecified atom stereocenters. The maximum Gasteiger partial charge on any atom is 0.341 e. The van der Waals surface area contributed by atoms with Crippen molar-refractivity contribution in [3.05, 3.63) is 51.1 Å². The molecule has 1 aromatic carbocycles. The van der Waals surface area contributed by atoms with Crippen molar-refractivity contribution in [1.82, 2.24) is 14.8 Å². The first-order valence-electron chi connectivity index (χ1n) is 9.90. The lowest BCUT2D eigenvalue weighted by atomic mass is 10.2. The lowest BCUT2D eigenvalue weighted by Crippen LogP contribution is -2.16. The number of hydrogen-bond acceptors (Lipinski definition) is 8. The Morgan fingerprint density at radius 3 is 2.66 bits per heavy atom. The summed E-state index contributed by atoms with van der Waals surface area (Å²) in [6.45, 7) is 4.28. The van der Waals surface area contributed by atoms with Crippen LogP contribution in [0.4, 0.5) is 5.00 Å². The van der Waals surface area contributed by atoms with Crippen molar-refractivity contribution in [2.24, 2.45) is 7.05 Å². The molecule has 0 radical (unpaired) electrons. The minimum absolute atomic E-state index is 0.126. The number of thioether (sulfide) groups is 1. The van der Waals surface area contributed by atoms with Crippen LogP contribution in [0.25, 0.3) is 0 Å². The van der Waals surface area contributed by atoms with E-state index in [2.05, 4.69) is 31.4 Å². The van der Waals surface area contributed by atoms with Crippen molar-refractivity contribution in [1.29, 1.82) is 0 Å². The molecule has 0 aliphatic rings. The quantitative estimate of drug-likeness (QED) is 0.295. The summed E-state index contributed by atoms with van der Waals surface area (Å²) in [4.78, 5) is 25.7. The lowest BCUT2D eigenvalue weighted by Gasteiger charge is -2.07. The summed E-state index contributed by atoms with van der Waals surface area (Å²) in [5.74, 6) is 0.827. The van der Waals surface area contributed by atoms with Gasteiger partial charge in [0.25, 0.3) is 0 Å². The van der Waals surface area contributed by atoms with Crippen molar-refractivity contribution in [3.8, 4) is 5.75 Å². The molecule has 8 nitrogen and oxygen atoms in total. The Hall–Kier alpha value is -2.37. The van der Waals surface area contributed by atoms with Crippen LogP contribution in [-0.2, 0) is 29.6 Å². The SMILES string of the molecule is CCOC(=O)c1cc(CC)sc1NC(=O)CSc1nnc(COc2ccc(Br)cc2)n1C. The number of hydrogen-bond donors (Lipinski definition) is 1. The molecule has 0 fully saturated rings. The number of carbonyl (C=O) groups is 2. The number of ether oxygens (including phenoxy) is 2. The zero-order chi connectivity index (χ0) is 23.1. The van der Waals surface area contributed by atoms with Gasteiger partial charge in [-0.15, -0.1) is 21.5 Å². The van der Waals surface area contributed by atoms with Crippen molar-refractivity contribution in [3.63, 3.8) is 0 Å². The molecule has 2 heterocycles. The van der Waals surface area contributed by atoms with Gasteiger partial charge in [-0.25, -0.2) is 4.79 Å². The molecule has 1 amide bonds. The maximum absolute atomic E-state index is 12.5. The summed E-state index contributed by atoms with van der Waals surface area (Å²) in [5.41, 5.74) is 0.387. The van der Waals surface area contributed by atoms with E-state index in [0.29, 0.717) is 21.5 Å². The molecular weight excluding hydrogens is 516 g/mol. The fourth-order valence-corrected chi connectivity index (χ4v) is 4.63. The first-order valence-corrected chi connectivity index (χ1v) is 12.5. The maximum atomic E-state index is 12.5. The molecular formula is C21H23BrN4O4S2. The summed E-state index contributed by atoms with van der Waals surface area (Å²) >= 11 is 6.03. The van der Waals surface area contributed by atoms with Crippen LogP contribution in [0.1, 0.15) is 34.9 Å². The molecule has 3 rings (SSSR count). The van der Waals surface area contributed by atoms with Crippen LogP contribution in [0.15, 0.2) is 40.0 Å². The van der Waals surface area contributed by atoms with Gasteiger partial charge in [0.1, 0.15) is 17.4 Å². The molecule has 170 valence electrons. The highest BCUT2D eigenvalue weighted by molar-refractivity contribution is 9.10. The number of aromatic nitrogens is 3. The van der Waals surface area contributed by atoms with Crippen LogP contribution < -0.4 is 10.1 Å². The Bertz CT molecular complexity index is 1080. The molecule has 11 heteroatoms. The van der Waals surface area contributed by atoms with Crippen LogP contribution >= 0.6 is 39.0 Å². The molecule has 0 aliphatic carbocycles. The number of anilines is 1. The van der Waals surface area contributed by atoms with E-state index >= 15 is 0 Å². The molecule has 2 aromatic heterocycles. The predicted molar refractivity (Wildman–Crippen MR) is 128 cm³/mol. The summed E-state index contributed by atoms with van der Waals surface area (Å²) in [5, 5.41) is 12.2. The van der Waals surface area contributed by atoms with Gasteiger partial charge >= 0.3 is 5.97 Å². The highest BCUT2D eigenvalue weighted by Crippen LogP contribution is 2.30. The molecule has 32 heavy (non-hydrogen) atoms. The number of nitrogens with zero attached hydrogens (tertiary/aromatic N) is 3. The fourth-order valence-electron chi connectivity index (χ4n) is 2.64. The molecule has 3 aromatic rings. The first-order chi connectivity index (χ1) is 15.4. The Kier molecular flexibility index (Phi) is 8.71. The second-order valence-electron chi connectivity index (χ2n) is 6.57. The molecule has 0 saturated carbocycles.